The predicted octanol–water partition coefficient (Wildman–Crippen LogP) is 4.23. The molecule has 0 saturated heterocycles. The monoisotopic (exact) mass is 455 g/mol. The summed E-state index contributed by atoms with van der Waals surface area (Å²) in [7, 11) is 0. The minimum atomic E-state index is -4.47. The number of hydrogen-bond donors (Lipinski definition) is 1. The first-order valence-electron chi connectivity index (χ1n) is 9.46. The van der Waals surface area contributed by atoms with Crippen LogP contribution in [0.2, 0.25) is 5.02 Å². The van der Waals surface area contributed by atoms with Gasteiger partial charge < -0.3 is 10.1 Å². The third kappa shape index (κ3) is 6.00. The molecule has 0 bridgehead atoms. The number of aromatic nitrogens is 4. The Morgan fingerprint density at radius 2 is 1.97 bits per heavy atom. The van der Waals surface area contributed by atoms with Gasteiger partial charge in [-0.15, -0.1) is 0 Å². The molecule has 7 nitrogen and oxygen atoms in total. The minimum Gasteiger partial charge on any atom is -0.470 e. The van der Waals surface area contributed by atoms with Gasteiger partial charge in [0.1, 0.15) is 11.4 Å². The van der Waals surface area contributed by atoms with E-state index in [1.165, 1.54) is 9.36 Å². The fourth-order valence-electron chi connectivity index (χ4n) is 2.81. The Morgan fingerprint density at radius 1 is 1.19 bits per heavy atom. The number of carbonyl (C=O) groups excluding carboxylic acids is 1. The molecular weight excluding hydrogens is 435 g/mol. The number of amides is 1. The Labute approximate surface area is 181 Å². The largest absolute Gasteiger partial charge is 0.470 e. The Kier molecular flexibility index (Phi) is 6.89. The van der Waals surface area contributed by atoms with Gasteiger partial charge in [0.25, 0.3) is 5.91 Å². The molecule has 31 heavy (non-hydrogen) atoms. The Balaban J connectivity index is 1.46. The SMILES string of the molecule is Cc1ccc(Cl)c(OCn2ccc(C(=O)NCCCn3nc(C(F)(F)F)cc3C)n2)c1. The molecule has 3 rings (SSSR count). The smallest absolute Gasteiger partial charge is 0.435 e. The second kappa shape index (κ2) is 9.42. The lowest BCUT2D eigenvalue weighted by molar-refractivity contribution is -0.141. The molecule has 0 aliphatic carbocycles. The lowest BCUT2D eigenvalue weighted by Crippen LogP contribution is -2.26. The van der Waals surface area contributed by atoms with Gasteiger partial charge in [0.05, 0.1) is 5.02 Å². The maximum absolute atomic E-state index is 12.7. The van der Waals surface area contributed by atoms with Gasteiger partial charge in [0.2, 0.25) is 0 Å². The molecule has 166 valence electrons. The summed E-state index contributed by atoms with van der Waals surface area (Å²) in [5, 5.41) is 10.9. The van der Waals surface area contributed by atoms with Crippen LogP contribution in [-0.4, -0.2) is 32.0 Å². The number of benzene rings is 1. The van der Waals surface area contributed by atoms with Crippen molar-refractivity contribution in [1.29, 1.82) is 0 Å². The highest BCUT2D eigenvalue weighted by molar-refractivity contribution is 6.32. The van der Waals surface area contributed by atoms with Crippen molar-refractivity contribution in [3.05, 3.63) is 64.2 Å². The Hall–Kier alpha value is -3.01. The van der Waals surface area contributed by atoms with Crippen molar-refractivity contribution in [2.24, 2.45) is 0 Å². The molecule has 3 aromatic rings. The lowest BCUT2D eigenvalue weighted by Gasteiger charge is -2.09. The van der Waals surface area contributed by atoms with Crippen LogP contribution in [0.1, 0.15) is 33.9 Å². The molecular formula is C20H21ClF3N5O2. The second-order valence-corrected chi connectivity index (χ2v) is 7.36. The summed E-state index contributed by atoms with van der Waals surface area (Å²) in [4.78, 5) is 12.2. The quantitative estimate of drug-likeness (QED) is 0.516. The molecule has 1 N–H and O–H groups in total. The van der Waals surface area contributed by atoms with Crippen molar-refractivity contribution in [3.63, 3.8) is 0 Å². The number of alkyl halides is 3. The number of aryl methyl sites for hydroxylation is 3. The van der Waals surface area contributed by atoms with E-state index in [0.717, 1.165) is 11.6 Å². The van der Waals surface area contributed by atoms with Crippen LogP contribution in [0, 0.1) is 13.8 Å². The van der Waals surface area contributed by atoms with E-state index in [-0.39, 0.29) is 31.4 Å². The molecule has 0 unspecified atom stereocenters. The molecule has 0 fully saturated rings. The zero-order valence-electron chi connectivity index (χ0n) is 16.9. The van der Waals surface area contributed by atoms with Crippen LogP contribution >= 0.6 is 11.6 Å². The van der Waals surface area contributed by atoms with Crippen LogP contribution in [-0.2, 0) is 19.5 Å². The van der Waals surface area contributed by atoms with E-state index in [0.29, 0.717) is 22.9 Å². The van der Waals surface area contributed by atoms with E-state index in [1.54, 1.807) is 31.3 Å². The molecule has 2 heterocycles. The summed E-state index contributed by atoms with van der Waals surface area (Å²) in [6.07, 6.45) is -2.46. The molecule has 1 amide bonds. The molecule has 11 heteroatoms. The van der Waals surface area contributed by atoms with Crippen molar-refractivity contribution in [1.82, 2.24) is 24.9 Å². The number of hydrogen-bond acceptors (Lipinski definition) is 4. The first kappa shape index (κ1) is 22.7. The number of nitrogens with zero attached hydrogens (tertiary/aromatic N) is 4. The fourth-order valence-corrected chi connectivity index (χ4v) is 2.98. The number of halogens is 4. The molecule has 2 aromatic heterocycles. The van der Waals surface area contributed by atoms with Crippen molar-refractivity contribution < 1.29 is 22.7 Å². The molecule has 0 aliphatic rings. The standard InChI is InChI=1S/C20H21ClF3N5O2/c1-13-4-5-15(21)17(10-13)31-12-28-9-6-16(26-28)19(30)25-7-3-8-29-14(2)11-18(27-29)20(22,23)24/h4-6,9-11H,3,7-8,12H2,1-2H3,(H,25,30). The van der Waals surface area contributed by atoms with Crippen LogP contribution in [0.4, 0.5) is 13.2 Å². The Bertz CT molecular complexity index is 1060. The summed E-state index contributed by atoms with van der Waals surface area (Å²) in [5.41, 5.74) is 0.688. The van der Waals surface area contributed by atoms with E-state index in [1.807, 2.05) is 13.0 Å². The normalized spacial score (nSPS) is 11.5. The highest BCUT2D eigenvalue weighted by Crippen LogP contribution is 2.28. The zero-order chi connectivity index (χ0) is 22.6. The highest BCUT2D eigenvalue weighted by Gasteiger charge is 2.34. The lowest BCUT2D eigenvalue weighted by atomic mass is 10.2. The average molecular weight is 456 g/mol. The highest BCUT2D eigenvalue weighted by atomic mass is 35.5. The number of nitrogens with one attached hydrogen (secondary N) is 1. The second-order valence-electron chi connectivity index (χ2n) is 6.95. The van der Waals surface area contributed by atoms with Gasteiger partial charge in [-0.3, -0.25) is 9.48 Å². The van der Waals surface area contributed by atoms with Crippen LogP contribution in [0.25, 0.3) is 0 Å². The van der Waals surface area contributed by atoms with Gasteiger partial charge in [-0.1, -0.05) is 17.7 Å². The van der Waals surface area contributed by atoms with Gasteiger partial charge in [-0.25, -0.2) is 4.68 Å². The number of carbonyl (C=O) groups is 1. The molecule has 0 saturated carbocycles. The topological polar surface area (TPSA) is 74.0 Å². The zero-order valence-corrected chi connectivity index (χ0v) is 17.7. The maximum atomic E-state index is 12.7. The van der Waals surface area contributed by atoms with E-state index < -0.39 is 11.9 Å². The van der Waals surface area contributed by atoms with Crippen molar-refractivity contribution in [3.8, 4) is 5.75 Å². The third-order valence-corrected chi connectivity index (χ3v) is 4.73. The summed E-state index contributed by atoms with van der Waals surface area (Å²) in [6, 6.07) is 7.96. The first-order valence-corrected chi connectivity index (χ1v) is 9.83. The molecule has 0 aliphatic heterocycles. The van der Waals surface area contributed by atoms with Crippen molar-refractivity contribution in [2.45, 2.75) is 39.7 Å². The fraction of sp³-hybridized carbons (Fsp3) is 0.350. The van der Waals surface area contributed by atoms with Gasteiger partial charge in [0, 0.05) is 25.0 Å². The molecule has 0 radical (unpaired) electrons. The van der Waals surface area contributed by atoms with Crippen LogP contribution < -0.4 is 10.1 Å². The van der Waals surface area contributed by atoms with Crippen LogP contribution in [0.15, 0.2) is 36.5 Å². The third-order valence-electron chi connectivity index (χ3n) is 4.42. The maximum Gasteiger partial charge on any atom is 0.435 e. The van der Waals surface area contributed by atoms with Crippen molar-refractivity contribution >= 4 is 17.5 Å². The molecule has 0 spiro atoms. The van der Waals surface area contributed by atoms with E-state index in [9.17, 15) is 18.0 Å². The predicted molar refractivity (Wildman–Crippen MR) is 108 cm³/mol. The van der Waals surface area contributed by atoms with Crippen LogP contribution in [0.5, 0.6) is 5.75 Å². The summed E-state index contributed by atoms with van der Waals surface area (Å²) in [6.45, 7) is 4.07. The van der Waals surface area contributed by atoms with E-state index >= 15 is 0 Å². The average Bonchev–Trinajstić information content (AvgIpc) is 3.32. The van der Waals surface area contributed by atoms with Gasteiger partial charge in [-0.05, 0) is 50.1 Å². The summed E-state index contributed by atoms with van der Waals surface area (Å²) in [5.74, 6) is 0.131. The number of ether oxygens (including phenoxy) is 1. The first-order chi connectivity index (χ1) is 14.6. The van der Waals surface area contributed by atoms with Crippen molar-refractivity contribution in [2.75, 3.05) is 6.54 Å². The van der Waals surface area contributed by atoms with Gasteiger partial charge >= 0.3 is 6.18 Å². The Morgan fingerprint density at radius 3 is 2.68 bits per heavy atom. The molecule has 1 aromatic carbocycles. The number of rotatable bonds is 8. The van der Waals surface area contributed by atoms with E-state index in [4.69, 9.17) is 16.3 Å². The van der Waals surface area contributed by atoms with Crippen LogP contribution in [0.3, 0.4) is 0 Å². The summed E-state index contributed by atoms with van der Waals surface area (Å²) < 4.78 is 46.5. The summed E-state index contributed by atoms with van der Waals surface area (Å²) >= 11 is 6.09. The van der Waals surface area contributed by atoms with Gasteiger partial charge in [0.15, 0.2) is 12.4 Å². The van der Waals surface area contributed by atoms with E-state index in [2.05, 4.69) is 15.5 Å². The van der Waals surface area contributed by atoms with Gasteiger partial charge in [-0.2, -0.15) is 23.4 Å². The minimum absolute atomic E-state index is 0.0799. The molecule has 0 atom stereocenters.